The van der Waals surface area contributed by atoms with Gasteiger partial charge in [-0.2, -0.15) is 0 Å². The summed E-state index contributed by atoms with van der Waals surface area (Å²) < 4.78 is 5.89. The van der Waals surface area contributed by atoms with Crippen LogP contribution in [0, 0.1) is 37.0 Å². The second-order valence-corrected chi connectivity index (χ2v) is 10.5. The summed E-state index contributed by atoms with van der Waals surface area (Å²) in [7, 11) is 0. The third kappa shape index (κ3) is 4.75. The van der Waals surface area contributed by atoms with Gasteiger partial charge in [0, 0.05) is 24.2 Å². The SMILES string of the molecule is Cc1ccc(C)c(Oc2ccc(CNC(=O)CNC(=O)C34CC5CC(CC(C5)C3)C4)cn2)c1. The number of hydrogen-bond donors (Lipinski definition) is 2. The first-order valence-electron chi connectivity index (χ1n) is 12.1. The molecule has 0 radical (unpaired) electrons. The maximum Gasteiger partial charge on any atom is 0.239 e. The summed E-state index contributed by atoms with van der Waals surface area (Å²) in [5, 5.41) is 5.81. The van der Waals surface area contributed by atoms with E-state index in [0.29, 0.717) is 30.2 Å². The maximum absolute atomic E-state index is 13.0. The first kappa shape index (κ1) is 21.9. The van der Waals surface area contributed by atoms with Crippen molar-refractivity contribution in [2.24, 2.45) is 23.2 Å². The van der Waals surface area contributed by atoms with Crippen molar-refractivity contribution in [2.45, 2.75) is 58.9 Å². The Kier molecular flexibility index (Phi) is 5.85. The van der Waals surface area contributed by atoms with E-state index in [2.05, 4.69) is 15.6 Å². The summed E-state index contributed by atoms with van der Waals surface area (Å²) in [4.78, 5) is 29.7. The van der Waals surface area contributed by atoms with Crippen LogP contribution >= 0.6 is 0 Å². The number of ether oxygens (including phenoxy) is 1. The molecule has 4 aliphatic rings. The number of benzene rings is 1. The van der Waals surface area contributed by atoms with Crippen molar-refractivity contribution in [3.63, 3.8) is 0 Å². The van der Waals surface area contributed by atoms with Crippen LogP contribution in [0.25, 0.3) is 0 Å². The number of hydrogen-bond acceptors (Lipinski definition) is 4. The molecule has 2 aromatic rings. The summed E-state index contributed by atoms with van der Waals surface area (Å²) in [6.07, 6.45) is 8.63. The van der Waals surface area contributed by atoms with Gasteiger partial charge in [-0.1, -0.05) is 18.2 Å². The van der Waals surface area contributed by atoms with Gasteiger partial charge >= 0.3 is 0 Å². The van der Waals surface area contributed by atoms with Crippen molar-refractivity contribution in [1.29, 1.82) is 0 Å². The number of nitrogens with one attached hydrogen (secondary N) is 2. The molecule has 1 aromatic carbocycles. The van der Waals surface area contributed by atoms with Gasteiger partial charge < -0.3 is 15.4 Å². The van der Waals surface area contributed by atoms with Crippen LogP contribution < -0.4 is 15.4 Å². The van der Waals surface area contributed by atoms with Gasteiger partial charge in [0.05, 0.1) is 6.54 Å². The Bertz CT molecular complexity index is 1010. The van der Waals surface area contributed by atoms with Crippen molar-refractivity contribution in [3.05, 3.63) is 53.2 Å². The number of nitrogens with zero attached hydrogens (tertiary/aromatic N) is 1. The highest BCUT2D eigenvalue weighted by Crippen LogP contribution is 2.60. The number of amides is 2. The average Bonchev–Trinajstić information content (AvgIpc) is 2.78. The molecule has 2 N–H and O–H groups in total. The fraction of sp³-hybridized carbons (Fsp3) is 0.519. The van der Waals surface area contributed by atoms with Gasteiger partial charge in [0.2, 0.25) is 17.7 Å². The highest BCUT2D eigenvalue weighted by Gasteiger charge is 2.54. The Morgan fingerprint density at radius 1 is 1.00 bits per heavy atom. The quantitative estimate of drug-likeness (QED) is 0.658. The van der Waals surface area contributed by atoms with Gasteiger partial charge in [0.15, 0.2) is 0 Å². The molecule has 6 nitrogen and oxygen atoms in total. The van der Waals surface area contributed by atoms with Crippen LogP contribution in [0.5, 0.6) is 11.6 Å². The van der Waals surface area contributed by atoms with Gasteiger partial charge in [-0.15, -0.1) is 0 Å². The Balaban J connectivity index is 1.09. The fourth-order valence-electron chi connectivity index (χ4n) is 6.51. The molecule has 0 aliphatic heterocycles. The highest BCUT2D eigenvalue weighted by molar-refractivity contribution is 5.88. The number of carbonyl (C=O) groups is 2. The lowest BCUT2D eigenvalue weighted by atomic mass is 9.49. The zero-order chi connectivity index (χ0) is 23.0. The van der Waals surface area contributed by atoms with E-state index in [1.54, 1.807) is 12.3 Å². The zero-order valence-corrected chi connectivity index (χ0v) is 19.5. The first-order chi connectivity index (χ1) is 15.9. The maximum atomic E-state index is 13.0. The molecule has 4 aliphatic carbocycles. The van der Waals surface area contributed by atoms with E-state index < -0.39 is 0 Å². The summed E-state index contributed by atoms with van der Waals surface area (Å²) in [6, 6.07) is 9.76. The number of rotatable bonds is 7. The summed E-state index contributed by atoms with van der Waals surface area (Å²) in [6.45, 7) is 4.42. The molecule has 2 amide bonds. The number of aryl methyl sites for hydroxylation is 2. The zero-order valence-electron chi connectivity index (χ0n) is 19.5. The van der Waals surface area contributed by atoms with Crippen LogP contribution in [-0.4, -0.2) is 23.3 Å². The molecule has 0 unspecified atom stereocenters. The number of aromatic nitrogens is 1. The molecule has 4 fully saturated rings. The molecule has 4 saturated carbocycles. The highest BCUT2D eigenvalue weighted by atomic mass is 16.5. The van der Waals surface area contributed by atoms with Crippen molar-refractivity contribution < 1.29 is 14.3 Å². The molecule has 174 valence electrons. The molecule has 33 heavy (non-hydrogen) atoms. The monoisotopic (exact) mass is 447 g/mol. The number of pyridine rings is 1. The Morgan fingerprint density at radius 2 is 1.70 bits per heavy atom. The Hall–Kier alpha value is -2.89. The molecule has 0 saturated heterocycles. The van der Waals surface area contributed by atoms with Gasteiger partial charge in [0.1, 0.15) is 5.75 Å². The summed E-state index contributed by atoms with van der Waals surface area (Å²) >= 11 is 0. The molecule has 4 bridgehead atoms. The van der Waals surface area contributed by atoms with Gasteiger partial charge in [-0.25, -0.2) is 4.98 Å². The van der Waals surface area contributed by atoms with Crippen LogP contribution in [0.1, 0.15) is 55.2 Å². The average molecular weight is 448 g/mol. The standard InChI is InChI=1S/C27H33N3O3/c1-17-3-4-18(2)23(7-17)33-25-6-5-19(15-29-25)14-28-24(31)16-30-26(32)27-11-20-8-21(12-27)10-22(9-20)13-27/h3-7,15,20-22H,8-14,16H2,1-2H3,(H,28,31)(H,30,32). The van der Waals surface area contributed by atoms with Crippen molar-refractivity contribution in [2.75, 3.05) is 6.54 Å². The molecule has 1 aromatic heterocycles. The summed E-state index contributed by atoms with van der Waals surface area (Å²) in [5.74, 6) is 3.36. The molecule has 6 heteroatoms. The molecule has 0 spiro atoms. The van der Waals surface area contributed by atoms with E-state index >= 15 is 0 Å². The predicted molar refractivity (Wildman–Crippen MR) is 126 cm³/mol. The minimum absolute atomic E-state index is 0.0296. The smallest absolute Gasteiger partial charge is 0.239 e. The minimum Gasteiger partial charge on any atom is -0.439 e. The van der Waals surface area contributed by atoms with E-state index in [9.17, 15) is 9.59 Å². The van der Waals surface area contributed by atoms with Gasteiger partial charge in [-0.3, -0.25) is 9.59 Å². The third-order valence-corrected chi connectivity index (χ3v) is 7.77. The fourth-order valence-corrected chi connectivity index (χ4v) is 6.51. The van der Waals surface area contributed by atoms with Crippen LogP contribution in [0.4, 0.5) is 0 Å². The van der Waals surface area contributed by atoms with Gasteiger partial charge in [-0.05, 0) is 92.9 Å². The lowest BCUT2D eigenvalue weighted by Crippen LogP contribution is -2.54. The lowest BCUT2D eigenvalue weighted by Gasteiger charge is -2.55. The van der Waals surface area contributed by atoms with E-state index in [0.717, 1.165) is 41.7 Å². The minimum atomic E-state index is -0.218. The molecule has 0 atom stereocenters. The van der Waals surface area contributed by atoms with Crippen LogP contribution in [0.3, 0.4) is 0 Å². The first-order valence-corrected chi connectivity index (χ1v) is 12.1. The van der Waals surface area contributed by atoms with E-state index in [1.807, 2.05) is 38.1 Å². The summed E-state index contributed by atoms with van der Waals surface area (Å²) in [5.41, 5.74) is 2.84. The van der Waals surface area contributed by atoms with Crippen LogP contribution in [0.15, 0.2) is 36.5 Å². The molecular weight excluding hydrogens is 414 g/mol. The second-order valence-electron chi connectivity index (χ2n) is 10.5. The Labute approximate surface area is 195 Å². The topological polar surface area (TPSA) is 80.3 Å². The van der Waals surface area contributed by atoms with Crippen molar-refractivity contribution in [1.82, 2.24) is 15.6 Å². The lowest BCUT2D eigenvalue weighted by molar-refractivity contribution is -0.147. The van der Waals surface area contributed by atoms with E-state index in [1.165, 1.54) is 19.3 Å². The molecule has 1 heterocycles. The van der Waals surface area contributed by atoms with Crippen LogP contribution in [0.2, 0.25) is 0 Å². The predicted octanol–water partition coefficient (Wildman–Crippen LogP) is 4.44. The number of carbonyl (C=O) groups excluding carboxylic acids is 2. The van der Waals surface area contributed by atoms with Gasteiger partial charge in [0.25, 0.3) is 0 Å². The molecule has 6 rings (SSSR count). The second kappa shape index (κ2) is 8.81. The largest absolute Gasteiger partial charge is 0.439 e. The van der Waals surface area contributed by atoms with E-state index in [-0.39, 0.29) is 23.8 Å². The normalized spacial score (nSPS) is 27.3. The Morgan fingerprint density at radius 3 is 2.33 bits per heavy atom. The van der Waals surface area contributed by atoms with Crippen LogP contribution in [-0.2, 0) is 16.1 Å². The third-order valence-electron chi connectivity index (χ3n) is 7.77. The van der Waals surface area contributed by atoms with E-state index in [4.69, 9.17) is 4.74 Å². The van der Waals surface area contributed by atoms with Crippen molar-refractivity contribution >= 4 is 11.8 Å². The molecular formula is C27H33N3O3. The van der Waals surface area contributed by atoms with Crippen molar-refractivity contribution in [3.8, 4) is 11.6 Å².